The fourth-order valence-electron chi connectivity index (χ4n) is 3.32. The van der Waals surface area contributed by atoms with Gasteiger partial charge in [0, 0.05) is 12.0 Å². The maximum absolute atomic E-state index is 13.2. The Morgan fingerprint density at radius 3 is 2.13 bits per heavy atom. The fraction of sp³-hybridized carbons (Fsp3) is 0.160. The van der Waals surface area contributed by atoms with Crippen LogP contribution >= 0.6 is 0 Å². The van der Waals surface area contributed by atoms with Crippen molar-refractivity contribution in [2.45, 2.75) is 18.6 Å². The zero-order valence-corrected chi connectivity index (χ0v) is 17.0. The molecule has 1 atom stereocenters. The lowest BCUT2D eigenvalue weighted by molar-refractivity contribution is -0.159. The van der Waals surface area contributed by atoms with Gasteiger partial charge in [-0.05, 0) is 35.4 Å². The minimum Gasteiger partial charge on any atom is -0.497 e. The van der Waals surface area contributed by atoms with Crippen LogP contribution in [-0.4, -0.2) is 30.5 Å². The van der Waals surface area contributed by atoms with Gasteiger partial charge in [-0.3, -0.25) is 0 Å². The molecule has 0 spiro atoms. The van der Waals surface area contributed by atoms with Crippen LogP contribution in [0.3, 0.4) is 0 Å². The number of hydrogen-bond donors (Lipinski definition) is 0. The van der Waals surface area contributed by atoms with Gasteiger partial charge in [0.25, 0.3) is 5.54 Å². The number of nitrogens with zero attached hydrogens (tertiary/aromatic N) is 1. The SMILES string of the molecule is COc1ccc(C2=N[C@](Cc3ccccc3)(C(=O)OCc3ccccc3)C(=O)O2)cc1. The molecule has 3 aromatic rings. The highest BCUT2D eigenvalue weighted by Gasteiger charge is 2.54. The van der Waals surface area contributed by atoms with Crippen LogP contribution in [0.5, 0.6) is 5.75 Å². The van der Waals surface area contributed by atoms with E-state index in [0.717, 1.165) is 11.1 Å². The van der Waals surface area contributed by atoms with Gasteiger partial charge < -0.3 is 14.2 Å². The molecule has 3 aromatic carbocycles. The zero-order valence-electron chi connectivity index (χ0n) is 17.0. The molecule has 6 heteroatoms. The molecular formula is C25H21NO5. The largest absolute Gasteiger partial charge is 0.497 e. The number of methoxy groups -OCH3 is 1. The minimum absolute atomic E-state index is 0.0386. The number of carbonyl (C=O) groups is 2. The molecule has 0 radical (unpaired) electrons. The Balaban J connectivity index is 1.66. The number of cyclic esters (lactones) is 1. The lowest BCUT2D eigenvalue weighted by atomic mass is 9.92. The van der Waals surface area contributed by atoms with Gasteiger partial charge in [0.05, 0.1) is 7.11 Å². The number of rotatable bonds is 7. The smallest absolute Gasteiger partial charge is 0.353 e. The standard InChI is InChI=1S/C25H21NO5/c1-29-21-14-12-20(13-15-21)22-26-25(24(28)31-22,16-18-8-4-2-5-9-18)23(27)30-17-19-10-6-3-7-11-19/h2-15H,16-17H2,1H3/t25-/m1/s1. The highest BCUT2D eigenvalue weighted by atomic mass is 16.6. The van der Waals surface area contributed by atoms with E-state index in [-0.39, 0.29) is 18.9 Å². The van der Waals surface area contributed by atoms with E-state index in [1.165, 1.54) is 0 Å². The molecule has 1 aliphatic rings. The summed E-state index contributed by atoms with van der Waals surface area (Å²) in [6, 6.07) is 25.4. The molecule has 0 saturated carbocycles. The van der Waals surface area contributed by atoms with E-state index in [0.29, 0.717) is 11.3 Å². The monoisotopic (exact) mass is 415 g/mol. The Labute approximate surface area is 180 Å². The molecule has 0 saturated heterocycles. The Bertz CT molecular complexity index is 1090. The van der Waals surface area contributed by atoms with Gasteiger partial charge in [0.2, 0.25) is 5.90 Å². The van der Waals surface area contributed by atoms with Gasteiger partial charge in [-0.15, -0.1) is 0 Å². The predicted octanol–water partition coefficient (Wildman–Crippen LogP) is 3.72. The van der Waals surface area contributed by atoms with Gasteiger partial charge >= 0.3 is 11.9 Å². The number of hydrogen-bond acceptors (Lipinski definition) is 6. The van der Waals surface area contributed by atoms with Crippen LogP contribution < -0.4 is 4.74 Å². The van der Waals surface area contributed by atoms with E-state index < -0.39 is 17.5 Å². The van der Waals surface area contributed by atoms with Crippen molar-refractivity contribution in [3.63, 3.8) is 0 Å². The van der Waals surface area contributed by atoms with Crippen LogP contribution in [0.25, 0.3) is 0 Å². The van der Waals surface area contributed by atoms with Crippen molar-refractivity contribution in [1.82, 2.24) is 0 Å². The Morgan fingerprint density at radius 1 is 0.903 bits per heavy atom. The summed E-state index contributed by atoms with van der Waals surface area (Å²) in [5, 5.41) is 0. The average Bonchev–Trinajstić information content (AvgIpc) is 3.16. The number of carbonyl (C=O) groups excluding carboxylic acids is 2. The first-order valence-corrected chi connectivity index (χ1v) is 9.82. The molecule has 0 bridgehead atoms. The second kappa shape index (κ2) is 8.83. The second-order valence-corrected chi connectivity index (χ2v) is 7.12. The normalized spacial score (nSPS) is 17.6. The molecule has 1 heterocycles. The van der Waals surface area contributed by atoms with E-state index in [1.54, 1.807) is 31.4 Å². The molecular weight excluding hydrogens is 394 g/mol. The first kappa shape index (κ1) is 20.3. The third-order valence-electron chi connectivity index (χ3n) is 5.01. The Kier molecular flexibility index (Phi) is 5.80. The highest BCUT2D eigenvalue weighted by molar-refractivity contribution is 6.17. The van der Waals surface area contributed by atoms with Gasteiger partial charge in [-0.2, -0.15) is 0 Å². The van der Waals surface area contributed by atoms with Gasteiger partial charge in [-0.1, -0.05) is 60.7 Å². The quantitative estimate of drug-likeness (QED) is 0.434. The summed E-state index contributed by atoms with van der Waals surface area (Å²) in [7, 11) is 1.57. The molecule has 0 amide bonds. The van der Waals surface area contributed by atoms with Gasteiger partial charge in [-0.25, -0.2) is 14.6 Å². The van der Waals surface area contributed by atoms with Crippen LogP contribution in [0, 0.1) is 0 Å². The Morgan fingerprint density at radius 2 is 1.52 bits per heavy atom. The van der Waals surface area contributed by atoms with E-state index in [2.05, 4.69) is 4.99 Å². The van der Waals surface area contributed by atoms with Crippen LogP contribution in [-0.2, 0) is 32.1 Å². The maximum Gasteiger partial charge on any atom is 0.353 e. The minimum atomic E-state index is -1.80. The van der Waals surface area contributed by atoms with E-state index >= 15 is 0 Å². The molecule has 0 N–H and O–H groups in total. The molecule has 0 aromatic heterocycles. The molecule has 156 valence electrons. The van der Waals surface area contributed by atoms with Crippen LogP contribution in [0.1, 0.15) is 16.7 Å². The number of aliphatic imine (C=N–C) groups is 1. The first-order chi connectivity index (χ1) is 15.1. The van der Waals surface area contributed by atoms with Crippen molar-refractivity contribution < 1.29 is 23.8 Å². The molecule has 0 fully saturated rings. The third-order valence-corrected chi connectivity index (χ3v) is 5.01. The summed E-state index contributed by atoms with van der Waals surface area (Å²) < 4.78 is 16.1. The molecule has 4 rings (SSSR count). The summed E-state index contributed by atoms with van der Waals surface area (Å²) in [6.45, 7) is 0.0386. The summed E-state index contributed by atoms with van der Waals surface area (Å²) in [5.74, 6) is -0.749. The lowest BCUT2D eigenvalue weighted by Crippen LogP contribution is -2.46. The van der Waals surface area contributed by atoms with E-state index in [9.17, 15) is 9.59 Å². The molecule has 6 nitrogen and oxygen atoms in total. The maximum atomic E-state index is 13.2. The first-order valence-electron chi connectivity index (χ1n) is 9.82. The van der Waals surface area contributed by atoms with Crippen LogP contribution in [0.15, 0.2) is 89.9 Å². The number of benzene rings is 3. The Hall–Kier alpha value is -3.93. The lowest BCUT2D eigenvalue weighted by Gasteiger charge is -2.20. The van der Waals surface area contributed by atoms with Crippen LogP contribution in [0.4, 0.5) is 0 Å². The summed E-state index contributed by atoms with van der Waals surface area (Å²) in [6.07, 6.45) is 0.0416. The van der Waals surface area contributed by atoms with Crippen molar-refractivity contribution in [3.05, 3.63) is 102 Å². The van der Waals surface area contributed by atoms with Crippen molar-refractivity contribution in [1.29, 1.82) is 0 Å². The zero-order chi connectivity index (χ0) is 21.7. The van der Waals surface area contributed by atoms with Crippen molar-refractivity contribution in [2.24, 2.45) is 4.99 Å². The van der Waals surface area contributed by atoms with Crippen molar-refractivity contribution in [2.75, 3.05) is 7.11 Å². The number of ether oxygens (including phenoxy) is 3. The fourth-order valence-corrected chi connectivity index (χ4v) is 3.32. The molecule has 0 unspecified atom stereocenters. The summed E-state index contributed by atoms with van der Waals surface area (Å²) in [4.78, 5) is 30.6. The van der Waals surface area contributed by atoms with Crippen molar-refractivity contribution in [3.8, 4) is 5.75 Å². The van der Waals surface area contributed by atoms with Gasteiger partial charge in [0.1, 0.15) is 12.4 Å². The average molecular weight is 415 g/mol. The van der Waals surface area contributed by atoms with Crippen molar-refractivity contribution >= 4 is 17.8 Å². The third kappa shape index (κ3) is 4.33. The topological polar surface area (TPSA) is 74.2 Å². The highest BCUT2D eigenvalue weighted by Crippen LogP contribution is 2.30. The van der Waals surface area contributed by atoms with Crippen LogP contribution in [0.2, 0.25) is 0 Å². The summed E-state index contributed by atoms with van der Waals surface area (Å²) >= 11 is 0. The summed E-state index contributed by atoms with van der Waals surface area (Å²) in [5.41, 5.74) is 0.359. The second-order valence-electron chi connectivity index (χ2n) is 7.12. The molecule has 1 aliphatic heterocycles. The van der Waals surface area contributed by atoms with E-state index in [1.807, 2.05) is 60.7 Å². The molecule has 31 heavy (non-hydrogen) atoms. The van der Waals surface area contributed by atoms with E-state index in [4.69, 9.17) is 14.2 Å². The number of esters is 2. The van der Waals surface area contributed by atoms with Gasteiger partial charge in [0.15, 0.2) is 0 Å². The predicted molar refractivity (Wildman–Crippen MR) is 115 cm³/mol. The molecule has 0 aliphatic carbocycles.